The van der Waals surface area contributed by atoms with Crippen molar-refractivity contribution in [3.8, 4) is 11.3 Å². The molecule has 7 rings (SSSR count). The van der Waals surface area contributed by atoms with E-state index in [1.54, 1.807) is 0 Å². The van der Waals surface area contributed by atoms with Gasteiger partial charge in [-0.15, -0.1) is 0 Å². The first-order valence-corrected chi connectivity index (χ1v) is 13.0. The van der Waals surface area contributed by atoms with Gasteiger partial charge in [0.15, 0.2) is 6.20 Å². The molecule has 1 aliphatic carbocycles. The van der Waals surface area contributed by atoms with E-state index in [4.69, 9.17) is 0 Å². The van der Waals surface area contributed by atoms with Gasteiger partial charge in [-0.25, -0.2) is 0 Å². The second-order valence-electron chi connectivity index (χ2n) is 10.7. The zero-order valence-electron chi connectivity index (χ0n) is 21.5. The molecule has 0 amide bonds. The minimum absolute atomic E-state index is 0.0742. The lowest BCUT2D eigenvalue weighted by Crippen LogP contribution is -2.73. The molecule has 3 nitrogen and oxygen atoms in total. The second-order valence-corrected chi connectivity index (χ2v) is 10.7. The molecule has 0 fully saturated rings. The summed E-state index contributed by atoms with van der Waals surface area (Å²) in [6.07, 6.45) is 13.4. The highest BCUT2D eigenvalue weighted by Crippen LogP contribution is 2.59. The molecule has 0 bridgehead atoms. The van der Waals surface area contributed by atoms with E-state index < -0.39 is 0 Å². The van der Waals surface area contributed by atoms with Crippen LogP contribution in [0.15, 0.2) is 127 Å². The van der Waals surface area contributed by atoms with Crippen molar-refractivity contribution < 1.29 is 4.57 Å². The number of fused-ring (bicyclic) bond motifs is 6. The third-order valence-corrected chi connectivity index (χ3v) is 8.84. The molecular formula is C34H30N3+. The van der Waals surface area contributed by atoms with Crippen LogP contribution in [0.25, 0.3) is 16.8 Å². The van der Waals surface area contributed by atoms with Crippen molar-refractivity contribution in [2.24, 2.45) is 0 Å². The zero-order chi connectivity index (χ0) is 25.2. The number of benzene rings is 2. The van der Waals surface area contributed by atoms with E-state index in [0.717, 1.165) is 11.3 Å². The third-order valence-electron chi connectivity index (χ3n) is 8.84. The van der Waals surface area contributed by atoms with E-state index in [1.807, 2.05) is 12.3 Å². The maximum atomic E-state index is 4.65. The number of hydrogen-bond donors (Lipinski definition) is 0. The molecule has 4 aromatic rings. The summed E-state index contributed by atoms with van der Waals surface area (Å²) in [6, 6.07) is 30.4. The number of nitrogens with zero attached hydrogens (tertiary/aromatic N) is 3. The first-order valence-electron chi connectivity index (χ1n) is 13.0. The van der Waals surface area contributed by atoms with E-state index in [2.05, 4.69) is 145 Å². The van der Waals surface area contributed by atoms with Crippen LogP contribution in [0.3, 0.4) is 0 Å². The van der Waals surface area contributed by atoms with Gasteiger partial charge in [-0.1, -0.05) is 48.5 Å². The molecule has 180 valence electrons. The average molecular weight is 481 g/mol. The van der Waals surface area contributed by atoms with Gasteiger partial charge >= 0.3 is 0 Å². The topological polar surface area (TPSA) is 20.0 Å². The van der Waals surface area contributed by atoms with Crippen molar-refractivity contribution in [2.45, 2.75) is 37.8 Å². The van der Waals surface area contributed by atoms with Crippen molar-refractivity contribution >= 4 is 5.57 Å². The Kier molecular flexibility index (Phi) is 4.68. The second kappa shape index (κ2) is 7.88. The fourth-order valence-corrected chi connectivity index (χ4v) is 6.65. The Balaban J connectivity index is 1.42. The Morgan fingerprint density at radius 2 is 1.65 bits per heavy atom. The summed E-state index contributed by atoms with van der Waals surface area (Å²) in [5.41, 5.74) is 9.72. The van der Waals surface area contributed by atoms with Crippen molar-refractivity contribution in [1.82, 2.24) is 9.88 Å². The Labute approximate surface area is 218 Å². The van der Waals surface area contributed by atoms with Crippen LogP contribution in [0, 0.1) is 6.92 Å². The van der Waals surface area contributed by atoms with Crippen molar-refractivity contribution in [3.63, 3.8) is 0 Å². The van der Waals surface area contributed by atoms with Gasteiger partial charge in [0, 0.05) is 43.2 Å². The number of hydrogen-bond acceptors (Lipinski definition) is 2. The van der Waals surface area contributed by atoms with E-state index in [-0.39, 0.29) is 17.0 Å². The number of rotatable bonds is 3. The zero-order valence-corrected chi connectivity index (χ0v) is 21.5. The van der Waals surface area contributed by atoms with Crippen molar-refractivity contribution in [1.29, 1.82) is 0 Å². The van der Waals surface area contributed by atoms with Crippen LogP contribution < -0.4 is 4.57 Å². The smallest absolute Gasteiger partial charge is 0.213 e. The largest absolute Gasteiger partial charge is 0.339 e. The molecule has 3 aliphatic rings. The fourth-order valence-electron chi connectivity index (χ4n) is 6.65. The van der Waals surface area contributed by atoms with Crippen LogP contribution >= 0.6 is 0 Å². The lowest BCUT2D eigenvalue weighted by atomic mass is 9.53. The molecule has 2 aromatic carbocycles. The standard InChI is InChI=1S/C34H30N3/c1-24-12-4-5-13-26(24)31-22-25(29-16-8-10-19-35-29)18-21-36(31)32-23-33(2)34(32,3)28-15-7-6-14-27(28)30-17-9-11-20-37(30)33/h4-23,31H,1-3H3/q+1. The Morgan fingerprint density at radius 1 is 0.865 bits per heavy atom. The van der Waals surface area contributed by atoms with Gasteiger partial charge in [0.25, 0.3) is 0 Å². The monoisotopic (exact) mass is 480 g/mol. The predicted octanol–water partition coefficient (Wildman–Crippen LogP) is 6.88. The van der Waals surface area contributed by atoms with Gasteiger partial charge in [0.05, 0.1) is 17.3 Å². The molecule has 2 aliphatic heterocycles. The molecule has 0 N–H and O–H groups in total. The van der Waals surface area contributed by atoms with Crippen LogP contribution in [-0.4, -0.2) is 9.88 Å². The van der Waals surface area contributed by atoms with Crippen molar-refractivity contribution in [2.75, 3.05) is 0 Å². The summed E-state index contributed by atoms with van der Waals surface area (Å²) in [7, 11) is 0. The van der Waals surface area contributed by atoms with Crippen LogP contribution in [-0.2, 0) is 11.0 Å². The first-order chi connectivity index (χ1) is 18.0. The maximum absolute atomic E-state index is 4.65. The highest BCUT2D eigenvalue weighted by atomic mass is 15.2. The molecule has 2 aromatic heterocycles. The third kappa shape index (κ3) is 2.94. The van der Waals surface area contributed by atoms with E-state index in [1.165, 1.54) is 33.6 Å². The highest BCUT2D eigenvalue weighted by molar-refractivity contribution is 5.75. The molecule has 3 heteroatoms. The summed E-state index contributed by atoms with van der Waals surface area (Å²) in [5.74, 6) is 0. The van der Waals surface area contributed by atoms with Gasteiger partial charge in [-0.2, -0.15) is 4.57 Å². The summed E-state index contributed by atoms with van der Waals surface area (Å²) in [4.78, 5) is 7.13. The highest BCUT2D eigenvalue weighted by Gasteiger charge is 2.67. The van der Waals surface area contributed by atoms with Crippen molar-refractivity contribution in [3.05, 3.63) is 150 Å². The number of aryl methyl sites for hydroxylation is 1. The van der Waals surface area contributed by atoms with E-state index >= 15 is 0 Å². The maximum Gasteiger partial charge on any atom is 0.213 e. The predicted molar refractivity (Wildman–Crippen MR) is 148 cm³/mol. The number of pyridine rings is 2. The van der Waals surface area contributed by atoms with Crippen LogP contribution in [0.5, 0.6) is 0 Å². The lowest BCUT2D eigenvalue weighted by Gasteiger charge is -2.56. The van der Waals surface area contributed by atoms with Crippen LogP contribution in [0.2, 0.25) is 0 Å². The molecule has 0 saturated heterocycles. The Bertz CT molecular complexity index is 1630. The SMILES string of the molecule is Cc1ccccc1C1C=C(c2ccccn2)C=CN1C1=CC2(C)[n+]3ccccc3-c3ccccc3C12C. The van der Waals surface area contributed by atoms with Crippen LogP contribution in [0.1, 0.15) is 42.3 Å². The fraction of sp³-hybridized carbons (Fsp3) is 0.176. The van der Waals surface area contributed by atoms with Gasteiger partial charge in [-0.3, -0.25) is 4.98 Å². The minimum atomic E-state index is -0.190. The molecule has 37 heavy (non-hydrogen) atoms. The summed E-state index contributed by atoms with van der Waals surface area (Å²) < 4.78 is 2.46. The molecule has 3 unspecified atom stereocenters. The normalized spacial score (nSPS) is 25.3. The van der Waals surface area contributed by atoms with Gasteiger partial charge in [0.1, 0.15) is 5.41 Å². The molecule has 0 spiro atoms. The first kappa shape index (κ1) is 22.0. The minimum Gasteiger partial charge on any atom is -0.339 e. The molecule has 0 radical (unpaired) electrons. The number of aromatic nitrogens is 2. The van der Waals surface area contributed by atoms with Gasteiger partial charge < -0.3 is 4.90 Å². The summed E-state index contributed by atoms with van der Waals surface area (Å²) in [6.45, 7) is 7.01. The Morgan fingerprint density at radius 3 is 2.49 bits per heavy atom. The number of allylic oxidation sites excluding steroid dienone is 4. The Hall–Kier alpha value is -4.24. The summed E-state index contributed by atoms with van der Waals surface area (Å²) >= 11 is 0. The van der Waals surface area contributed by atoms with E-state index in [0.29, 0.717) is 0 Å². The molecular weight excluding hydrogens is 450 g/mol. The van der Waals surface area contributed by atoms with E-state index in [9.17, 15) is 0 Å². The lowest BCUT2D eigenvalue weighted by molar-refractivity contribution is -0.755. The van der Waals surface area contributed by atoms with Gasteiger partial charge in [0.2, 0.25) is 11.2 Å². The average Bonchev–Trinajstić information content (AvgIpc) is 2.95. The van der Waals surface area contributed by atoms with Crippen LogP contribution in [0.4, 0.5) is 0 Å². The summed E-state index contributed by atoms with van der Waals surface area (Å²) in [5, 5.41) is 0. The quantitative estimate of drug-likeness (QED) is 0.298. The molecule has 4 heterocycles. The molecule has 3 atom stereocenters. The van der Waals surface area contributed by atoms with Gasteiger partial charge in [-0.05, 0) is 72.5 Å². The molecule has 0 saturated carbocycles.